The van der Waals surface area contributed by atoms with Crippen molar-refractivity contribution in [2.75, 3.05) is 7.11 Å². The number of benzene rings is 2. The van der Waals surface area contributed by atoms with Gasteiger partial charge in [-0.3, -0.25) is 4.79 Å². The molecule has 2 aromatic carbocycles. The molecule has 0 spiro atoms. The molecule has 0 atom stereocenters. The Hall–Kier alpha value is -3.47. The van der Waals surface area contributed by atoms with Gasteiger partial charge >= 0.3 is 0 Å². The molecule has 0 aliphatic rings. The number of phenols is 1. The van der Waals surface area contributed by atoms with Crippen LogP contribution in [0.15, 0.2) is 71.2 Å². The van der Waals surface area contributed by atoms with Crippen molar-refractivity contribution >= 4 is 11.9 Å². The largest absolute Gasteiger partial charge is 0.508 e. The lowest BCUT2D eigenvalue weighted by Gasteiger charge is -2.05. The molecule has 26 heavy (non-hydrogen) atoms. The Kier molecular flexibility index (Phi) is 5.39. The van der Waals surface area contributed by atoms with Crippen molar-refractivity contribution in [1.82, 2.24) is 0 Å². The van der Waals surface area contributed by atoms with Crippen LogP contribution in [0.25, 0.3) is 6.08 Å². The molecule has 1 N–H and O–H groups in total. The van der Waals surface area contributed by atoms with Crippen LogP contribution in [0.3, 0.4) is 0 Å². The fourth-order valence-corrected chi connectivity index (χ4v) is 2.27. The minimum Gasteiger partial charge on any atom is -0.508 e. The first-order valence-corrected chi connectivity index (χ1v) is 8.01. The zero-order valence-electron chi connectivity index (χ0n) is 14.2. The van der Waals surface area contributed by atoms with Gasteiger partial charge in [0.25, 0.3) is 0 Å². The first kappa shape index (κ1) is 17.4. The van der Waals surface area contributed by atoms with Crippen LogP contribution in [0.5, 0.6) is 17.2 Å². The highest BCUT2D eigenvalue weighted by molar-refractivity contribution is 6.06. The number of ketones is 1. The molecule has 0 saturated heterocycles. The van der Waals surface area contributed by atoms with Gasteiger partial charge in [-0.05, 0) is 72.8 Å². The average Bonchev–Trinajstić information content (AvgIpc) is 3.13. The summed E-state index contributed by atoms with van der Waals surface area (Å²) >= 11 is 0. The first-order valence-electron chi connectivity index (χ1n) is 8.01. The molecule has 3 aromatic rings. The molecule has 0 aliphatic carbocycles. The fraction of sp³-hybridized carbons (Fsp3) is 0.0952. The standard InChI is InChI=1S/C21H18O5/c1-24-17-6-8-18(9-7-17)25-14-20-11-10-19(26-20)12-13-21(23)15-2-4-16(22)5-3-15/h2-13,22H,14H2,1H3/b13-12+. The van der Waals surface area contributed by atoms with Crippen LogP contribution < -0.4 is 9.47 Å². The van der Waals surface area contributed by atoms with Gasteiger partial charge in [0.1, 0.15) is 35.4 Å². The number of furan rings is 1. The number of ether oxygens (including phenoxy) is 2. The first-order chi connectivity index (χ1) is 12.6. The van der Waals surface area contributed by atoms with E-state index in [1.54, 1.807) is 37.5 Å². The van der Waals surface area contributed by atoms with E-state index >= 15 is 0 Å². The predicted molar refractivity (Wildman–Crippen MR) is 97.5 cm³/mol. The van der Waals surface area contributed by atoms with E-state index in [-0.39, 0.29) is 18.1 Å². The summed E-state index contributed by atoms with van der Waals surface area (Å²) in [7, 11) is 1.61. The topological polar surface area (TPSA) is 68.9 Å². The van der Waals surface area contributed by atoms with Crippen molar-refractivity contribution < 1.29 is 23.8 Å². The van der Waals surface area contributed by atoms with Crippen LogP contribution in [0, 0.1) is 0 Å². The summed E-state index contributed by atoms with van der Waals surface area (Å²) < 4.78 is 16.4. The second-order valence-corrected chi connectivity index (χ2v) is 5.51. The van der Waals surface area contributed by atoms with Crippen LogP contribution in [0.2, 0.25) is 0 Å². The van der Waals surface area contributed by atoms with Crippen molar-refractivity contribution in [2.45, 2.75) is 6.61 Å². The molecule has 5 heteroatoms. The highest BCUT2D eigenvalue weighted by atomic mass is 16.5. The summed E-state index contributed by atoms with van der Waals surface area (Å²) in [6.45, 7) is 0.284. The third-order valence-electron chi connectivity index (χ3n) is 3.67. The molecule has 0 amide bonds. The molecule has 0 bridgehead atoms. The maximum atomic E-state index is 12.1. The van der Waals surface area contributed by atoms with Crippen molar-refractivity contribution in [2.24, 2.45) is 0 Å². The number of carbonyl (C=O) groups is 1. The number of rotatable bonds is 7. The Labute approximate surface area is 151 Å². The van der Waals surface area contributed by atoms with E-state index in [4.69, 9.17) is 13.9 Å². The Morgan fingerprint density at radius 2 is 1.69 bits per heavy atom. The zero-order valence-corrected chi connectivity index (χ0v) is 14.2. The van der Waals surface area contributed by atoms with Crippen molar-refractivity contribution in [3.05, 3.63) is 83.8 Å². The van der Waals surface area contributed by atoms with Crippen LogP contribution >= 0.6 is 0 Å². The number of methoxy groups -OCH3 is 1. The Morgan fingerprint density at radius 3 is 2.38 bits per heavy atom. The lowest BCUT2D eigenvalue weighted by atomic mass is 10.1. The Morgan fingerprint density at radius 1 is 1.00 bits per heavy atom. The minimum atomic E-state index is -0.169. The van der Waals surface area contributed by atoms with Crippen molar-refractivity contribution in [3.8, 4) is 17.2 Å². The van der Waals surface area contributed by atoms with Gasteiger partial charge in [-0.2, -0.15) is 0 Å². The summed E-state index contributed by atoms with van der Waals surface area (Å²) in [4.78, 5) is 12.1. The molecule has 1 aromatic heterocycles. The van der Waals surface area contributed by atoms with Gasteiger partial charge in [-0.1, -0.05) is 0 Å². The molecular formula is C21H18O5. The van der Waals surface area contributed by atoms with E-state index in [2.05, 4.69) is 0 Å². The molecule has 0 saturated carbocycles. The number of carbonyl (C=O) groups excluding carboxylic acids is 1. The van der Waals surface area contributed by atoms with Crippen LogP contribution in [-0.2, 0) is 6.61 Å². The highest BCUT2D eigenvalue weighted by Crippen LogP contribution is 2.19. The van der Waals surface area contributed by atoms with E-state index in [0.29, 0.717) is 22.8 Å². The Balaban J connectivity index is 1.56. The predicted octanol–water partition coefficient (Wildman–Crippen LogP) is 4.47. The van der Waals surface area contributed by atoms with Crippen molar-refractivity contribution in [1.29, 1.82) is 0 Å². The minimum absolute atomic E-state index is 0.123. The summed E-state index contributed by atoms with van der Waals surface area (Å²) in [5, 5.41) is 9.25. The summed E-state index contributed by atoms with van der Waals surface area (Å²) in [5.74, 6) is 2.64. The van der Waals surface area contributed by atoms with E-state index < -0.39 is 0 Å². The summed E-state index contributed by atoms with van der Waals surface area (Å²) in [6, 6.07) is 16.9. The van der Waals surface area contributed by atoms with E-state index in [9.17, 15) is 9.90 Å². The fourth-order valence-electron chi connectivity index (χ4n) is 2.27. The quantitative estimate of drug-likeness (QED) is 0.503. The number of allylic oxidation sites excluding steroid dienone is 1. The third kappa shape index (κ3) is 4.54. The highest BCUT2D eigenvalue weighted by Gasteiger charge is 2.04. The molecule has 0 aliphatic heterocycles. The smallest absolute Gasteiger partial charge is 0.185 e. The molecule has 0 fully saturated rings. The lowest BCUT2D eigenvalue weighted by molar-refractivity contribution is 0.104. The molecule has 0 unspecified atom stereocenters. The van der Waals surface area contributed by atoms with Crippen LogP contribution in [-0.4, -0.2) is 18.0 Å². The second kappa shape index (κ2) is 8.07. The number of hydrogen-bond acceptors (Lipinski definition) is 5. The zero-order chi connectivity index (χ0) is 18.4. The normalized spacial score (nSPS) is 10.8. The van der Waals surface area contributed by atoms with Gasteiger partial charge in [-0.25, -0.2) is 0 Å². The monoisotopic (exact) mass is 350 g/mol. The van der Waals surface area contributed by atoms with Gasteiger partial charge in [0.15, 0.2) is 5.78 Å². The number of hydrogen-bond donors (Lipinski definition) is 1. The second-order valence-electron chi connectivity index (χ2n) is 5.51. The molecule has 3 rings (SSSR count). The molecule has 5 nitrogen and oxygen atoms in total. The van der Waals surface area contributed by atoms with Gasteiger partial charge in [-0.15, -0.1) is 0 Å². The molecular weight excluding hydrogens is 332 g/mol. The van der Waals surface area contributed by atoms with E-state index in [1.165, 1.54) is 18.2 Å². The maximum absolute atomic E-state index is 12.1. The van der Waals surface area contributed by atoms with Crippen LogP contribution in [0.1, 0.15) is 21.9 Å². The van der Waals surface area contributed by atoms with Crippen LogP contribution in [0.4, 0.5) is 0 Å². The lowest BCUT2D eigenvalue weighted by Crippen LogP contribution is -1.93. The third-order valence-corrected chi connectivity index (χ3v) is 3.67. The average molecular weight is 350 g/mol. The van der Waals surface area contributed by atoms with Crippen molar-refractivity contribution in [3.63, 3.8) is 0 Å². The van der Waals surface area contributed by atoms with Gasteiger partial charge in [0.05, 0.1) is 7.11 Å². The summed E-state index contributed by atoms with van der Waals surface area (Å²) in [6.07, 6.45) is 3.03. The number of phenolic OH excluding ortho intramolecular Hbond substituents is 1. The number of aromatic hydroxyl groups is 1. The van der Waals surface area contributed by atoms with Gasteiger partial charge in [0.2, 0.25) is 0 Å². The summed E-state index contributed by atoms with van der Waals surface area (Å²) in [5.41, 5.74) is 0.494. The van der Waals surface area contributed by atoms with E-state index in [0.717, 1.165) is 5.75 Å². The molecule has 1 heterocycles. The molecule has 0 radical (unpaired) electrons. The van der Waals surface area contributed by atoms with E-state index in [1.807, 2.05) is 24.3 Å². The SMILES string of the molecule is COc1ccc(OCc2ccc(/C=C/C(=O)c3ccc(O)cc3)o2)cc1. The van der Waals surface area contributed by atoms with Gasteiger partial charge < -0.3 is 19.0 Å². The maximum Gasteiger partial charge on any atom is 0.185 e. The Bertz CT molecular complexity index is 889. The molecule has 132 valence electrons. The van der Waals surface area contributed by atoms with Gasteiger partial charge in [0, 0.05) is 5.56 Å².